The molecule has 0 atom stereocenters. The number of carbonyl (C=O) groups excluding carboxylic acids is 1. The summed E-state index contributed by atoms with van der Waals surface area (Å²) in [6, 6.07) is 20.0. The van der Waals surface area contributed by atoms with Crippen LogP contribution in [0.1, 0.15) is 24.2 Å². The number of rotatable bonds is 8. The molecule has 174 valence electrons. The number of hydrogen-bond acceptors (Lipinski definition) is 6. The maximum Gasteiger partial charge on any atom is 0.234 e. The van der Waals surface area contributed by atoms with Crippen LogP contribution >= 0.6 is 11.8 Å². The highest BCUT2D eigenvalue weighted by Crippen LogP contribution is 2.27. The fourth-order valence-electron chi connectivity index (χ4n) is 4.15. The molecule has 0 bridgehead atoms. The van der Waals surface area contributed by atoms with Crippen molar-refractivity contribution in [2.24, 2.45) is 0 Å². The summed E-state index contributed by atoms with van der Waals surface area (Å²) in [6.07, 6.45) is 4.14. The summed E-state index contributed by atoms with van der Waals surface area (Å²) < 4.78 is 7.56. The van der Waals surface area contributed by atoms with Gasteiger partial charge in [0, 0.05) is 30.0 Å². The number of anilines is 2. The molecule has 0 spiro atoms. The Morgan fingerprint density at radius 3 is 2.62 bits per heavy atom. The van der Waals surface area contributed by atoms with E-state index in [-0.39, 0.29) is 11.7 Å². The van der Waals surface area contributed by atoms with Crippen molar-refractivity contribution in [2.75, 3.05) is 29.1 Å². The van der Waals surface area contributed by atoms with E-state index in [1.54, 1.807) is 6.26 Å². The fourth-order valence-corrected chi connectivity index (χ4v) is 4.89. The molecule has 34 heavy (non-hydrogen) atoms. The SMILES string of the molecule is Cc1cccc(-c2nnc(SCC(=O)Nc3ccc(N4CCCC4)cc3)n2Cc2ccco2)c1. The number of aromatic nitrogens is 3. The summed E-state index contributed by atoms with van der Waals surface area (Å²) in [4.78, 5) is 15.0. The Kier molecular flexibility index (Phi) is 6.67. The highest BCUT2D eigenvalue weighted by molar-refractivity contribution is 7.99. The number of furan rings is 1. The Morgan fingerprint density at radius 2 is 1.88 bits per heavy atom. The molecule has 1 aliphatic rings. The molecule has 1 N–H and O–H groups in total. The van der Waals surface area contributed by atoms with Crippen molar-refractivity contribution in [3.05, 3.63) is 78.3 Å². The van der Waals surface area contributed by atoms with Gasteiger partial charge in [-0.3, -0.25) is 9.36 Å². The van der Waals surface area contributed by atoms with E-state index in [0.29, 0.717) is 11.7 Å². The average molecular weight is 474 g/mol. The number of benzene rings is 2. The molecule has 1 fully saturated rings. The first-order valence-electron chi connectivity index (χ1n) is 11.5. The molecule has 2 aromatic carbocycles. The average Bonchev–Trinajstić information content (AvgIpc) is 3.62. The first-order chi connectivity index (χ1) is 16.7. The van der Waals surface area contributed by atoms with Crippen LogP contribution in [0.15, 0.2) is 76.5 Å². The number of amides is 1. The predicted octanol–water partition coefficient (Wildman–Crippen LogP) is 5.23. The number of thioether (sulfide) groups is 1. The Labute approximate surface area is 203 Å². The molecule has 1 amide bonds. The topological polar surface area (TPSA) is 76.2 Å². The van der Waals surface area contributed by atoms with Crippen molar-refractivity contribution < 1.29 is 9.21 Å². The van der Waals surface area contributed by atoms with Crippen LogP contribution in [0.4, 0.5) is 11.4 Å². The molecule has 4 aromatic rings. The van der Waals surface area contributed by atoms with Crippen molar-refractivity contribution in [3.63, 3.8) is 0 Å². The minimum absolute atomic E-state index is 0.0800. The van der Waals surface area contributed by atoms with Crippen LogP contribution < -0.4 is 10.2 Å². The lowest BCUT2D eigenvalue weighted by Crippen LogP contribution is -2.18. The van der Waals surface area contributed by atoms with Crippen molar-refractivity contribution in [2.45, 2.75) is 31.5 Å². The third-order valence-electron chi connectivity index (χ3n) is 5.84. The number of nitrogens with one attached hydrogen (secondary N) is 1. The molecule has 0 saturated carbocycles. The summed E-state index contributed by atoms with van der Waals surface area (Å²) in [5.41, 5.74) is 4.13. The number of nitrogens with zero attached hydrogens (tertiary/aromatic N) is 4. The van der Waals surface area contributed by atoms with Crippen LogP contribution in [-0.4, -0.2) is 39.5 Å². The molecule has 1 aliphatic heterocycles. The Bertz CT molecular complexity index is 1240. The van der Waals surface area contributed by atoms with Crippen LogP contribution in [0.25, 0.3) is 11.4 Å². The second kappa shape index (κ2) is 10.2. The zero-order chi connectivity index (χ0) is 23.3. The molecule has 3 heterocycles. The maximum absolute atomic E-state index is 12.7. The van der Waals surface area contributed by atoms with E-state index in [1.165, 1.54) is 30.3 Å². The van der Waals surface area contributed by atoms with E-state index in [4.69, 9.17) is 4.42 Å². The van der Waals surface area contributed by atoms with E-state index in [2.05, 4.69) is 51.6 Å². The van der Waals surface area contributed by atoms with E-state index < -0.39 is 0 Å². The number of carbonyl (C=O) groups is 1. The zero-order valence-corrected chi connectivity index (χ0v) is 19.9. The third kappa shape index (κ3) is 5.17. The monoisotopic (exact) mass is 473 g/mol. The van der Waals surface area contributed by atoms with Gasteiger partial charge in [0.25, 0.3) is 0 Å². The normalized spacial score (nSPS) is 13.4. The largest absolute Gasteiger partial charge is 0.467 e. The summed E-state index contributed by atoms with van der Waals surface area (Å²) in [5.74, 6) is 1.71. The molecule has 1 saturated heterocycles. The van der Waals surface area contributed by atoms with Gasteiger partial charge >= 0.3 is 0 Å². The van der Waals surface area contributed by atoms with Crippen LogP contribution in [0.5, 0.6) is 0 Å². The quantitative estimate of drug-likeness (QED) is 0.353. The number of hydrogen-bond donors (Lipinski definition) is 1. The van der Waals surface area contributed by atoms with Crippen molar-refractivity contribution in [1.29, 1.82) is 0 Å². The standard InChI is InChI=1S/C26H27N5O2S/c1-19-6-4-7-20(16-19)25-28-29-26(31(25)17-23-8-5-15-33-23)34-18-24(32)27-21-9-11-22(12-10-21)30-13-2-3-14-30/h4-12,15-16H,2-3,13-14,17-18H2,1H3,(H,27,32). The highest BCUT2D eigenvalue weighted by atomic mass is 32.2. The molecule has 0 unspecified atom stereocenters. The zero-order valence-electron chi connectivity index (χ0n) is 19.1. The van der Waals surface area contributed by atoms with Gasteiger partial charge in [-0.2, -0.15) is 0 Å². The Morgan fingerprint density at radius 1 is 1.06 bits per heavy atom. The van der Waals surface area contributed by atoms with Gasteiger partial charge in [-0.1, -0.05) is 35.5 Å². The lowest BCUT2D eigenvalue weighted by atomic mass is 10.1. The van der Waals surface area contributed by atoms with Gasteiger partial charge in [0.2, 0.25) is 5.91 Å². The van der Waals surface area contributed by atoms with Crippen molar-refractivity contribution in [1.82, 2.24) is 14.8 Å². The molecular formula is C26H27N5O2S. The molecule has 0 radical (unpaired) electrons. The van der Waals surface area contributed by atoms with Crippen LogP contribution in [0.3, 0.4) is 0 Å². The van der Waals surface area contributed by atoms with E-state index in [1.807, 2.05) is 41.0 Å². The Hall–Kier alpha value is -3.52. The second-order valence-electron chi connectivity index (χ2n) is 8.42. The molecule has 7 nitrogen and oxygen atoms in total. The molecule has 2 aromatic heterocycles. The summed E-state index contributed by atoms with van der Waals surface area (Å²) in [7, 11) is 0. The second-order valence-corrected chi connectivity index (χ2v) is 9.36. The summed E-state index contributed by atoms with van der Waals surface area (Å²) in [6.45, 7) is 4.75. The Balaban J connectivity index is 1.27. The molecular weight excluding hydrogens is 446 g/mol. The predicted molar refractivity (Wildman–Crippen MR) is 135 cm³/mol. The van der Waals surface area contributed by atoms with Crippen molar-refractivity contribution >= 4 is 29.0 Å². The van der Waals surface area contributed by atoms with Crippen LogP contribution in [0.2, 0.25) is 0 Å². The van der Waals surface area contributed by atoms with Crippen molar-refractivity contribution in [3.8, 4) is 11.4 Å². The molecule has 8 heteroatoms. The lowest BCUT2D eigenvalue weighted by Gasteiger charge is -2.17. The number of aryl methyl sites for hydroxylation is 1. The van der Waals surface area contributed by atoms with Gasteiger partial charge in [0.05, 0.1) is 18.6 Å². The van der Waals surface area contributed by atoms with Crippen LogP contribution in [-0.2, 0) is 11.3 Å². The minimum Gasteiger partial charge on any atom is -0.467 e. The lowest BCUT2D eigenvalue weighted by molar-refractivity contribution is -0.113. The minimum atomic E-state index is -0.0800. The maximum atomic E-state index is 12.7. The first-order valence-corrected chi connectivity index (χ1v) is 12.4. The first kappa shape index (κ1) is 22.3. The van der Waals surface area contributed by atoms with Gasteiger partial charge in [0.15, 0.2) is 11.0 Å². The van der Waals surface area contributed by atoms with E-state index in [0.717, 1.165) is 41.5 Å². The van der Waals surface area contributed by atoms with Gasteiger partial charge < -0.3 is 14.6 Å². The highest BCUT2D eigenvalue weighted by Gasteiger charge is 2.17. The third-order valence-corrected chi connectivity index (χ3v) is 6.81. The van der Waals surface area contributed by atoms with E-state index in [9.17, 15) is 4.79 Å². The summed E-state index contributed by atoms with van der Waals surface area (Å²) >= 11 is 1.37. The fraction of sp³-hybridized carbons (Fsp3) is 0.269. The van der Waals surface area contributed by atoms with Gasteiger partial charge in [-0.25, -0.2) is 0 Å². The molecule has 0 aliphatic carbocycles. The van der Waals surface area contributed by atoms with Gasteiger partial charge in [-0.15, -0.1) is 10.2 Å². The molecule has 5 rings (SSSR count). The van der Waals surface area contributed by atoms with Crippen LogP contribution in [0, 0.1) is 6.92 Å². The van der Waals surface area contributed by atoms with E-state index >= 15 is 0 Å². The van der Waals surface area contributed by atoms with Gasteiger partial charge in [-0.05, 0) is 62.2 Å². The smallest absolute Gasteiger partial charge is 0.234 e. The summed E-state index contributed by atoms with van der Waals surface area (Å²) in [5, 5.41) is 12.5. The van der Waals surface area contributed by atoms with Gasteiger partial charge in [0.1, 0.15) is 5.76 Å².